The fourth-order valence-corrected chi connectivity index (χ4v) is 4.81. The number of carbonyl (C=O) groups excluding carboxylic acids is 6. The maximum Gasteiger partial charge on any atom is 0.243 e. The van der Waals surface area contributed by atoms with Gasteiger partial charge in [-0.05, 0) is 49.2 Å². The minimum Gasteiger partial charge on any atom is -0.368 e. The van der Waals surface area contributed by atoms with E-state index >= 15 is 0 Å². The van der Waals surface area contributed by atoms with E-state index in [1.165, 1.54) is 18.7 Å². The molecule has 45 heavy (non-hydrogen) atoms. The van der Waals surface area contributed by atoms with Crippen molar-refractivity contribution in [1.82, 2.24) is 26.6 Å². The number of amides is 6. The van der Waals surface area contributed by atoms with Crippen molar-refractivity contribution in [1.29, 1.82) is 0 Å². The molecule has 0 unspecified atom stereocenters. The summed E-state index contributed by atoms with van der Waals surface area (Å²) in [6.45, 7) is 8.46. The fraction of sp³-hybridized carbons (Fsp3) is 0.613. The van der Waals surface area contributed by atoms with Crippen molar-refractivity contribution >= 4 is 47.2 Å². The number of rotatable bonds is 20. The van der Waals surface area contributed by atoms with Gasteiger partial charge in [0.2, 0.25) is 35.4 Å². The van der Waals surface area contributed by atoms with Crippen LogP contribution in [0.5, 0.6) is 0 Å². The molecule has 0 aliphatic rings. The van der Waals surface area contributed by atoms with E-state index in [-0.39, 0.29) is 18.3 Å². The predicted octanol–water partition coefficient (Wildman–Crippen LogP) is -0.0377. The smallest absolute Gasteiger partial charge is 0.243 e. The highest BCUT2D eigenvalue weighted by Gasteiger charge is 2.31. The summed E-state index contributed by atoms with van der Waals surface area (Å²) in [6, 6.07) is 4.42. The van der Waals surface area contributed by atoms with Gasteiger partial charge in [0.25, 0.3) is 0 Å². The lowest BCUT2D eigenvalue weighted by Crippen LogP contribution is -2.58. The van der Waals surface area contributed by atoms with Crippen LogP contribution in [0.2, 0.25) is 0 Å². The van der Waals surface area contributed by atoms with Gasteiger partial charge < -0.3 is 38.1 Å². The minimum atomic E-state index is -1.01. The Hall–Kier alpha value is -3.65. The number of primary amides is 1. The van der Waals surface area contributed by atoms with Crippen LogP contribution in [-0.2, 0) is 35.2 Å². The quantitative estimate of drug-likeness (QED) is 0.102. The average molecular weight is 650 g/mol. The van der Waals surface area contributed by atoms with Crippen LogP contribution >= 0.6 is 11.8 Å². The average Bonchev–Trinajstić information content (AvgIpc) is 2.99. The monoisotopic (exact) mass is 649 g/mol. The van der Waals surface area contributed by atoms with Crippen molar-refractivity contribution in [2.24, 2.45) is 23.3 Å². The van der Waals surface area contributed by atoms with E-state index in [9.17, 15) is 28.8 Å². The maximum atomic E-state index is 13.4. The molecule has 6 atom stereocenters. The molecule has 1 rings (SSSR count). The molecule has 1 aromatic rings. The second-order valence-corrected chi connectivity index (χ2v) is 12.6. The predicted molar refractivity (Wildman–Crippen MR) is 176 cm³/mol. The molecule has 0 radical (unpaired) electrons. The normalized spacial score (nSPS) is 15.0. The van der Waals surface area contributed by atoms with Crippen LogP contribution in [0, 0.1) is 11.8 Å². The summed E-state index contributed by atoms with van der Waals surface area (Å²) in [4.78, 5) is 76.7. The van der Waals surface area contributed by atoms with E-state index in [1.807, 2.05) is 57.4 Å². The first kappa shape index (κ1) is 39.4. The summed E-state index contributed by atoms with van der Waals surface area (Å²) in [6.07, 6.45) is 3.23. The molecule has 13 nitrogen and oxygen atoms in total. The van der Waals surface area contributed by atoms with Crippen molar-refractivity contribution in [2.45, 2.75) is 90.5 Å². The van der Waals surface area contributed by atoms with Crippen molar-refractivity contribution < 1.29 is 28.8 Å². The van der Waals surface area contributed by atoms with Crippen LogP contribution in [0.3, 0.4) is 0 Å². The van der Waals surface area contributed by atoms with E-state index in [2.05, 4.69) is 26.6 Å². The Bertz CT molecular complexity index is 1130. The zero-order valence-corrected chi connectivity index (χ0v) is 28.0. The van der Waals surface area contributed by atoms with Gasteiger partial charge in [0.05, 0.1) is 12.6 Å². The van der Waals surface area contributed by atoms with Gasteiger partial charge >= 0.3 is 0 Å². The number of hydrogen-bond donors (Lipinski definition) is 7. The third kappa shape index (κ3) is 14.8. The Balaban J connectivity index is 2.97. The van der Waals surface area contributed by atoms with Crippen molar-refractivity contribution in [3.05, 3.63) is 35.9 Å². The van der Waals surface area contributed by atoms with Crippen LogP contribution in [0.4, 0.5) is 0 Å². The second kappa shape index (κ2) is 20.4. The first-order chi connectivity index (χ1) is 21.2. The molecule has 252 valence electrons. The maximum absolute atomic E-state index is 13.4. The Morgan fingerprint density at radius 3 is 1.93 bits per heavy atom. The first-order valence-corrected chi connectivity index (χ1v) is 16.6. The molecule has 1 aromatic carbocycles. The summed E-state index contributed by atoms with van der Waals surface area (Å²) in [5, 5.41) is 13.2. The molecule has 0 bridgehead atoms. The Morgan fingerprint density at radius 2 is 1.40 bits per heavy atom. The van der Waals surface area contributed by atoms with Crippen LogP contribution in [0.15, 0.2) is 30.3 Å². The van der Waals surface area contributed by atoms with E-state index in [4.69, 9.17) is 11.5 Å². The summed E-state index contributed by atoms with van der Waals surface area (Å²) < 4.78 is 0. The Labute approximate surface area is 270 Å². The number of hydrogen-bond acceptors (Lipinski definition) is 8. The Morgan fingerprint density at radius 1 is 0.800 bits per heavy atom. The number of carbonyl (C=O) groups is 6. The summed E-state index contributed by atoms with van der Waals surface area (Å²) >= 11 is 1.51. The summed E-state index contributed by atoms with van der Waals surface area (Å²) in [5.74, 6) is -3.19. The van der Waals surface area contributed by atoms with Crippen LogP contribution in [-0.4, -0.2) is 84.2 Å². The van der Waals surface area contributed by atoms with E-state index in [0.29, 0.717) is 25.0 Å². The van der Waals surface area contributed by atoms with Gasteiger partial charge in [-0.3, -0.25) is 28.8 Å². The molecule has 0 aromatic heterocycles. The summed E-state index contributed by atoms with van der Waals surface area (Å²) in [5.41, 5.74) is 12.0. The number of nitrogens with one attached hydrogen (secondary N) is 5. The molecule has 0 fully saturated rings. The molecule has 14 heteroatoms. The molecule has 0 saturated heterocycles. The SMILES string of the molecule is CC[C@H](C)[C@H](NC(=O)[C@H](Cc1ccccc1)NC(=O)[C@H](C)N)C(=O)NCC(=O)N[C@@H](CC(C)C)C(=O)N[C@@H](CCSC)C(N)=O. The van der Waals surface area contributed by atoms with Crippen LogP contribution in [0.25, 0.3) is 0 Å². The largest absolute Gasteiger partial charge is 0.368 e. The molecule has 0 spiro atoms. The topological polar surface area (TPSA) is 215 Å². The third-order valence-electron chi connectivity index (χ3n) is 7.17. The number of nitrogens with two attached hydrogens (primary N) is 2. The molecule has 0 aliphatic carbocycles. The van der Waals surface area contributed by atoms with Gasteiger partial charge in [0.15, 0.2) is 0 Å². The summed E-state index contributed by atoms with van der Waals surface area (Å²) in [7, 11) is 0. The fourth-order valence-electron chi connectivity index (χ4n) is 4.34. The minimum absolute atomic E-state index is 0.0328. The lowest BCUT2D eigenvalue weighted by Gasteiger charge is -2.27. The van der Waals surface area contributed by atoms with Gasteiger partial charge in [-0.1, -0.05) is 64.4 Å². The zero-order chi connectivity index (χ0) is 34.1. The molecule has 6 amide bonds. The molecular formula is C31H51N7O6S. The van der Waals surface area contributed by atoms with Gasteiger partial charge in [-0.15, -0.1) is 0 Å². The molecule has 0 saturated carbocycles. The van der Waals surface area contributed by atoms with Crippen molar-refractivity contribution in [3.63, 3.8) is 0 Å². The van der Waals surface area contributed by atoms with Crippen LogP contribution in [0.1, 0.15) is 59.4 Å². The molecule has 0 aliphatic heterocycles. The highest BCUT2D eigenvalue weighted by atomic mass is 32.2. The van der Waals surface area contributed by atoms with Gasteiger partial charge in [0.1, 0.15) is 24.2 Å². The molecule has 0 heterocycles. The van der Waals surface area contributed by atoms with E-state index in [0.717, 1.165) is 5.56 Å². The lowest BCUT2D eigenvalue weighted by molar-refractivity contribution is -0.134. The molecule has 9 N–H and O–H groups in total. The second-order valence-electron chi connectivity index (χ2n) is 11.6. The molecular weight excluding hydrogens is 598 g/mol. The zero-order valence-electron chi connectivity index (χ0n) is 27.2. The van der Waals surface area contributed by atoms with E-state index in [1.54, 1.807) is 6.92 Å². The Kier molecular flexibility index (Phi) is 17.8. The van der Waals surface area contributed by atoms with Gasteiger partial charge in [-0.2, -0.15) is 11.8 Å². The van der Waals surface area contributed by atoms with Crippen molar-refractivity contribution in [2.75, 3.05) is 18.6 Å². The number of thioether (sulfide) groups is 1. The highest BCUT2D eigenvalue weighted by Crippen LogP contribution is 2.11. The number of benzene rings is 1. The highest BCUT2D eigenvalue weighted by molar-refractivity contribution is 7.98. The standard InChI is InChI=1S/C31H51N7O6S/c1-7-19(4)26(38-30(43)24(37-28(41)20(5)32)16-21-11-9-8-10-12-21)31(44)34-17-25(39)35-23(15-18(2)3)29(42)36-22(27(33)40)13-14-45-6/h8-12,18-20,22-24,26H,7,13-17,32H2,1-6H3,(H2,33,40)(H,34,44)(H,35,39)(H,36,42)(H,37,41)(H,38,43)/t19-,20-,22-,23-,24-,26-/m0/s1. The third-order valence-corrected chi connectivity index (χ3v) is 7.82. The van der Waals surface area contributed by atoms with Gasteiger partial charge in [0, 0.05) is 6.42 Å². The first-order valence-electron chi connectivity index (χ1n) is 15.3. The van der Waals surface area contributed by atoms with Gasteiger partial charge in [-0.25, -0.2) is 0 Å². The van der Waals surface area contributed by atoms with Crippen molar-refractivity contribution in [3.8, 4) is 0 Å². The van der Waals surface area contributed by atoms with E-state index < -0.39 is 72.2 Å². The van der Waals surface area contributed by atoms with Crippen LogP contribution < -0.4 is 38.1 Å². The lowest BCUT2D eigenvalue weighted by atomic mass is 9.97.